The molecule has 0 atom stereocenters. The number of benzene rings is 2. The maximum Gasteiger partial charge on any atom is 0.222 e. The largest absolute Gasteiger partial charge is 0.326 e. The second-order valence-corrected chi connectivity index (χ2v) is 5.17. The lowest BCUT2D eigenvalue weighted by Crippen LogP contribution is -2.07. The number of H-pyrrole nitrogens is 1. The van der Waals surface area contributed by atoms with Gasteiger partial charge in [0.25, 0.3) is 0 Å². The van der Waals surface area contributed by atoms with E-state index in [-0.39, 0.29) is 5.91 Å². The predicted octanol–water partition coefficient (Wildman–Crippen LogP) is 3.36. The molecule has 3 aromatic rings. The van der Waals surface area contributed by atoms with Crippen molar-refractivity contribution in [2.75, 3.05) is 10.7 Å². The van der Waals surface area contributed by atoms with E-state index in [2.05, 4.69) is 25.8 Å². The van der Waals surface area contributed by atoms with Crippen LogP contribution in [0, 0.1) is 0 Å². The first-order valence-electron chi connectivity index (χ1n) is 7.25. The number of imidazole rings is 1. The summed E-state index contributed by atoms with van der Waals surface area (Å²) in [4.78, 5) is 18.7. The van der Waals surface area contributed by atoms with Crippen molar-refractivity contribution in [2.45, 2.75) is 13.8 Å². The van der Waals surface area contributed by atoms with Crippen molar-refractivity contribution in [1.29, 1.82) is 0 Å². The minimum absolute atomic E-state index is 0.0999. The molecule has 1 aromatic heterocycles. The first-order chi connectivity index (χ1) is 11.1. The summed E-state index contributed by atoms with van der Waals surface area (Å²) in [6, 6.07) is 15.3. The number of hydrazone groups is 1. The molecule has 0 aliphatic carbocycles. The zero-order valence-electron chi connectivity index (χ0n) is 12.9. The Morgan fingerprint density at radius 2 is 1.96 bits per heavy atom. The summed E-state index contributed by atoms with van der Waals surface area (Å²) >= 11 is 0. The Balaban J connectivity index is 1.78. The lowest BCUT2D eigenvalue weighted by atomic mass is 10.1. The molecular formula is C17H17N5O. The average molecular weight is 307 g/mol. The molecule has 0 spiro atoms. The van der Waals surface area contributed by atoms with Gasteiger partial charge in [-0.2, -0.15) is 5.10 Å². The Hall–Kier alpha value is -3.15. The van der Waals surface area contributed by atoms with Crippen LogP contribution in [0.1, 0.15) is 19.4 Å². The molecule has 0 aliphatic rings. The first kappa shape index (κ1) is 14.8. The number of fused-ring (bicyclic) bond motifs is 1. The highest BCUT2D eigenvalue weighted by atomic mass is 16.1. The van der Waals surface area contributed by atoms with E-state index in [4.69, 9.17) is 0 Å². The zero-order valence-corrected chi connectivity index (χ0v) is 12.9. The molecule has 0 bridgehead atoms. The first-order valence-corrected chi connectivity index (χ1v) is 7.25. The molecule has 3 rings (SSSR count). The molecule has 6 nitrogen and oxygen atoms in total. The third kappa shape index (κ3) is 3.55. The lowest BCUT2D eigenvalue weighted by Gasteiger charge is -2.05. The summed E-state index contributed by atoms with van der Waals surface area (Å²) in [5.74, 6) is 0.487. The highest BCUT2D eigenvalue weighted by Gasteiger charge is 2.03. The van der Waals surface area contributed by atoms with Crippen molar-refractivity contribution >= 4 is 34.3 Å². The number of amides is 1. The topological polar surface area (TPSA) is 82.2 Å². The average Bonchev–Trinajstić information content (AvgIpc) is 2.95. The minimum atomic E-state index is -0.0999. The molecule has 6 heteroatoms. The fraction of sp³-hybridized carbons (Fsp3) is 0.118. The van der Waals surface area contributed by atoms with Crippen molar-refractivity contribution in [1.82, 2.24) is 9.97 Å². The Kier molecular flexibility index (Phi) is 4.05. The number of rotatable bonds is 4. The maximum atomic E-state index is 11.1. The van der Waals surface area contributed by atoms with E-state index in [0.717, 1.165) is 28.0 Å². The quantitative estimate of drug-likeness (QED) is 0.510. The van der Waals surface area contributed by atoms with Gasteiger partial charge in [-0.25, -0.2) is 10.4 Å². The number of nitrogens with one attached hydrogen (secondary N) is 3. The number of aromatic amines is 1. The van der Waals surface area contributed by atoms with Gasteiger partial charge < -0.3 is 10.3 Å². The molecular weight excluding hydrogens is 290 g/mol. The maximum absolute atomic E-state index is 11.1. The number of anilines is 2. The van der Waals surface area contributed by atoms with Gasteiger partial charge in [-0.15, -0.1) is 0 Å². The predicted molar refractivity (Wildman–Crippen MR) is 92.7 cm³/mol. The SMILES string of the molecule is CC(=O)Nc1cccc(/C(C)=N/Nc2nc3ccccc3[nH]2)c1. The lowest BCUT2D eigenvalue weighted by molar-refractivity contribution is -0.114. The Bertz CT molecular complexity index is 848. The Labute approximate surface area is 133 Å². The summed E-state index contributed by atoms with van der Waals surface area (Å²) in [5, 5.41) is 7.10. The third-order valence-corrected chi connectivity index (χ3v) is 3.32. The van der Waals surface area contributed by atoms with Gasteiger partial charge in [0.1, 0.15) is 0 Å². The van der Waals surface area contributed by atoms with Crippen molar-refractivity contribution < 1.29 is 4.79 Å². The molecule has 1 amide bonds. The van der Waals surface area contributed by atoms with Gasteiger partial charge in [0.2, 0.25) is 11.9 Å². The molecule has 0 radical (unpaired) electrons. The van der Waals surface area contributed by atoms with Crippen molar-refractivity contribution in [3.05, 3.63) is 54.1 Å². The van der Waals surface area contributed by atoms with Crippen LogP contribution in [0.25, 0.3) is 11.0 Å². The summed E-state index contributed by atoms with van der Waals surface area (Å²) in [7, 11) is 0. The summed E-state index contributed by atoms with van der Waals surface area (Å²) < 4.78 is 0. The number of aromatic nitrogens is 2. The highest BCUT2D eigenvalue weighted by Crippen LogP contribution is 2.14. The molecule has 0 aliphatic heterocycles. The van der Waals surface area contributed by atoms with E-state index in [0.29, 0.717) is 5.95 Å². The fourth-order valence-electron chi connectivity index (χ4n) is 2.23. The standard InChI is InChI=1S/C17H17N5O/c1-11(13-6-5-7-14(10-13)18-12(2)23)21-22-17-19-15-8-3-4-9-16(15)20-17/h3-10H,1-2H3,(H,18,23)(H2,19,20,22)/b21-11+. The smallest absolute Gasteiger partial charge is 0.222 e. The molecule has 0 fully saturated rings. The van der Waals surface area contributed by atoms with Crippen LogP contribution in [-0.4, -0.2) is 21.6 Å². The van der Waals surface area contributed by atoms with Gasteiger partial charge in [-0.05, 0) is 36.8 Å². The van der Waals surface area contributed by atoms with Crippen LogP contribution >= 0.6 is 0 Å². The number of para-hydroxylation sites is 2. The van der Waals surface area contributed by atoms with Crippen LogP contribution in [0.4, 0.5) is 11.6 Å². The molecule has 1 heterocycles. The van der Waals surface area contributed by atoms with Crippen molar-refractivity contribution in [3.8, 4) is 0 Å². The van der Waals surface area contributed by atoms with E-state index in [1.807, 2.05) is 55.5 Å². The van der Waals surface area contributed by atoms with Crippen LogP contribution in [0.2, 0.25) is 0 Å². The van der Waals surface area contributed by atoms with E-state index in [1.54, 1.807) is 0 Å². The normalized spacial score (nSPS) is 11.5. The van der Waals surface area contributed by atoms with E-state index in [1.165, 1.54) is 6.92 Å². The van der Waals surface area contributed by atoms with Gasteiger partial charge in [0.05, 0.1) is 16.7 Å². The molecule has 0 saturated heterocycles. The van der Waals surface area contributed by atoms with Crippen LogP contribution in [-0.2, 0) is 4.79 Å². The fourth-order valence-corrected chi connectivity index (χ4v) is 2.23. The second-order valence-electron chi connectivity index (χ2n) is 5.17. The van der Waals surface area contributed by atoms with E-state index in [9.17, 15) is 4.79 Å². The highest BCUT2D eigenvalue weighted by molar-refractivity contribution is 6.00. The molecule has 0 unspecified atom stereocenters. The number of carbonyl (C=O) groups excluding carboxylic acids is 1. The monoisotopic (exact) mass is 307 g/mol. The molecule has 23 heavy (non-hydrogen) atoms. The van der Waals surface area contributed by atoms with Gasteiger partial charge in [0.15, 0.2) is 0 Å². The second kappa shape index (κ2) is 6.31. The van der Waals surface area contributed by atoms with Gasteiger partial charge in [-0.1, -0.05) is 24.3 Å². The number of hydrogen-bond acceptors (Lipinski definition) is 4. The summed E-state index contributed by atoms with van der Waals surface area (Å²) in [5.41, 5.74) is 7.22. The van der Waals surface area contributed by atoms with Gasteiger partial charge in [-0.3, -0.25) is 4.79 Å². The Morgan fingerprint density at radius 1 is 1.13 bits per heavy atom. The molecule has 3 N–H and O–H groups in total. The number of nitrogens with zero attached hydrogens (tertiary/aromatic N) is 2. The Morgan fingerprint density at radius 3 is 2.74 bits per heavy atom. The summed E-state index contributed by atoms with van der Waals surface area (Å²) in [6.45, 7) is 3.37. The molecule has 2 aromatic carbocycles. The van der Waals surface area contributed by atoms with Crippen LogP contribution in [0.5, 0.6) is 0 Å². The van der Waals surface area contributed by atoms with Gasteiger partial charge >= 0.3 is 0 Å². The van der Waals surface area contributed by atoms with Crippen molar-refractivity contribution in [3.63, 3.8) is 0 Å². The minimum Gasteiger partial charge on any atom is -0.326 e. The molecule has 0 saturated carbocycles. The van der Waals surface area contributed by atoms with Crippen LogP contribution in [0.3, 0.4) is 0 Å². The van der Waals surface area contributed by atoms with Gasteiger partial charge in [0, 0.05) is 12.6 Å². The number of hydrogen-bond donors (Lipinski definition) is 3. The zero-order chi connectivity index (χ0) is 16.2. The van der Waals surface area contributed by atoms with E-state index >= 15 is 0 Å². The summed E-state index contributed by atoms with van der Waals surface area (Å²) in [6.07, 6.45) is 0. The number of carbonyl (C=O) groups is 1. The van der Waals surface area contributed by atoms with E-state index < -0.39 is 0 Å². The van der Waals surface area contributed by atoms with Crippen LogP contribution in [0.15, 0.2) is 53.6 Å². The van der Waals surface area contributed by atoms with Crippen LogP contribution < -0.4 is 10.7 Å². The molecule has 116 valence electrons. The third-order valence-electron chi connectivity index (χ3n) is 3.32. The van der Waals surface area contributed by atoms with Crippen molar-refractivity contribution in [2.24, 2.45) is 5.10 Å².